The minimum atomic E-state index is -0.564. The maximum absolute atomic E-state index is 11.8. The third kappa shape index (κ3) is 3.36. The lowest BCUT2D eigenvalue weighted by Crippen LogP contribution is -2.29. The van der Waals surface area contributed by atoms with Gasteiger partial charge in [0.15, 0.2) is 11.9 Å². The summed E-state index contributed by atoms with van der Waals surface area (Å²) >= 11 is 1.51. The van der Waals surface area contributed by atoms with Gasteiger partial charge in [0.25, 0.3) is 0 Å². The Morgan fingerprint density at radius 2 is 2.19 bits per heavy atom. The van der Waals surface area contributed by atoms with Crippen LogP contribution in [0.4, 0.5) is 0 Å². The van der Waals surface area contributed by atoms with Gasteiger partial charge in [-0.2, -0.15) is 0 Å². The van der Waals surface area contributed by atoms with Gasteiger partial charge < -0.3 is 4.74 Å². The van der Waals surface area contributed by atoms with Crippen molar-refractivity contribution >= 4 is 39.4 Å². The molecule has 108 valence electrons. The fourth-order valence-electron chi connectivity index (χ4n) is 2.36. The molecule has 0 unspecified atom stereocenters. The average molecular weight is 301 g/mol. The van der Waals surface area contributed by atoms with Crippen molar-refractivity contribution in [1.29, 1.82) is 0 Å². The smallest absolute Gasteiger partial charge is 0.331 e. The third-order valence-corrected chi connectivity index (χ3v) is 4.43. The number of ether oxygens (including phenoxy) is 1. The molecule has 1 aromatic heterocycles. The van der Waals surface area contributed by atoms with E-state index in [1.165, 1.54) is 17.4 Å². The van der Waals surface area contributed by atoms with E-state index in [9.17, 15) is 9.59 Å². The molecule has 0 spiro atoms. The zero-order chi connectivity index (χ0) is 14.7. The van der Waals surface area contributed by atoms with E-state index in [0.29, 0.717) is 12.8 Å². The van der Waals surface area contributed by atoms with Gasteiger partial charge >= 0.3 is 5.97 Å². The zero-order valence-corrected chi connectivity index (χ0v) is 12.3. The quantitative estimate of drug-likeness (QED) is 0.644. The summed E-state index contributed by atoms with van der Waals surface area (Å²) in [5, 5.41) is 0.753. The summed E-state index contributed by atoms with van der Waals surface area (Å²) in [6.45, 7) is 0. The van der Waals surface area contributed by atoms with Gasteiger partial charge in [-0.3, -0.25) is 4.79 Å². The van der Waals surface area contributed by atoms with Crippen molar-refractivity contribution in [2.45, 2.75) is 31.8 Å². The normalized spacial score (nSPS) is 19.2. The first kappa shape index (κ1) is 13.9. The number of carbonyl (C=O) groups is 2. The van der Waals surface area contributed by atoms with Crippen molar-refractivity contribution in [3.63, 3.8) is 0 Å². The zero-order valence-electron chi connectivity index (χ0n) is 11.5. The molecule has 1 aromatic carbocycles. The van der Waals surface area contributed by atoms with Crippen molar-refractivity contribution in [2.75, 3.05) is 0 Å². The maximum Gasteiger partial charge on any atom is 0.331 e. The number of fused-ring (bicyclic) bond motifs is 1. The van der Waals surface area contributed by atoms with Gasteiger partial charge in [-0.25, -0.2) is 9.78 Å². The molecule has 1 atom stereocenters. The van der Waals surface area contributed by atoms with Gasteiger partial charge in [0, 0.05) is 12.5 Å². The number of hydrogen-bond donors (Lipinski definition) is 0. The number of para-hydroxylation sites is 1. The van der Waals surface area contributed by atoms with Gasteiger partial charge in [-0.05, 0) is 37.5 Å². The van der Waals surface area contributed by atoms with E-state index in [1.807, 2.05) is 24.3 Å². The van der Waals surface area contributed by atoms with Crippen LogP contribution in [-0.4, -0.2) is 22.8 Å². The highest BCUT2D eigenvalue weighted by atomic mass is 32.1. The second kappa shape index (κ2) is 6.18. The molecule has 1 saturated carbocycles. The van der Waals surface area contributed by atoms with Crippen LogP contribution in [0.25, 0.3) is 16.3 Å². The van der Waals surface area contributed by atoms with Crippen molar-refractivity contribution < 1.29 is 14.3 Å². The highest BCUT2D eigenvalue weighted by Gasteiger charge is 2.24. The molecule has 0 saturated heterocycles. The SMILES string of the molecule is O=C(/C=C/c1nc2ccccc2s1)O[C@H]1CCCCC1=O. The molecule has 1 fully saturated rings. The van der Waals surface area contributed by atoms with Crippen LogP contribution in [0.2, 0.25) is 0 Å². The van der Waals surface area contributed by atoms with Gasteiger partial charge in [-0.1, -0.05) is 12.1 Å². The van der Waals surface area contributed by atoms with Gasteiger partial charge in [0.2, 0.25) is 0 Å². The van der Waals surface area contributed by atoms with Crippen LogP contribution < -0.4 is 0 Å². The number of benzene rings is 1. The Morgan fingerprint density at radius 1 is 1.33 bits per heavy atom. The number of nitrogens with zero attached hydrogens (tertiary/aromatic N) is 1. The molecule has 1 heterocycles. The first-order chi connectivity index (χ1) is 10.2. The number of thiazole rings is 1. The Labute approximate surface area is 126 Å². The second-order valence-electron chi connectivity index (χ2n) is 4.99. The van der Waals surface area contributed by atoms with Crippen LogP contribution in [0.5, 0.6) is 0 Å². The predicted octanol–water partition coefficient (Wildman–Crippen LogP) is 3.36. The van der Waals surface area contributed by atoms with Crippen LogP contribution in [0.1, 0.15) is 30.7 Å². The molecule has 5 heteroatoms. The fraction of sp³-hybridized carbons (Fsp3) is 0.312. The Balaban J connectivity index is 1.64. The highest BCUT2D eigenvalue weighted by molar-refractivity contribution is 7.19. The molecule has 0 N–H and O–H groups in total. The predicted molar refractivity (Wildman–Crippen MR) is 82.0 cm³/mol. The molecule has 0 bridgehead atoms. The Kier molecular flexibility index (Phi) is 4.10. The van der Waals surface area contributed by atoms with Crippen molar-refractivity contribution in [3.05, 3.63) is 35.3 Å². The topological polar surface area (TPSA) is 56.3 Å². The number of aromatic nitrogens is 1. The number of rotatable bonds is 3. The fourth-order valence-corrected chi connectivity index (χ4v) is 3.23. The Morgan fingerprint density at radius 3 is 3.00 bits per heavy atom. The van der Waals surface area contributed by atoms with E-state index < -0.39 is 12.1 Å². The molecule has 3 rings (SSSR count). The molecule has 0 radical (unpaired) electrons. The lowest BCUT2D eigenvalue weighted by Gasteiger charge is -2.19. The summed E-state index contributed by atoms with van der Waals surface area (Å²) in [5.74, 6) is -0.447. The van der Waals surface area contributed by atoms with E-state index >= 15 is 0 Å². The van der Waals surface area contributed by atoms with Crippen LogP contribution in [0, 0.1) is 0 Å². The van der Waals surface area contributed by atoms with Gasteiger partial charge in [-0.15, -0.1) is 11.3 Å². The molecule has 4 nitrogen and oxygen atoms in total. The Bertz CT molecular complexity index is 671. The molecule has 0 amide bonds. The summed E-state index contributed by atoms with van der Waals surface area (Å²) in [6.07, 6.45) is 5.41. The Hall–Kier alpha value is -2.01. The summed E-state index contributed by atoms with van der Waals surface area (Å²) < 4.78 is 6.28. The molecular weight excluding hydrogens is 286 g/mol. The molecule has 21 heavy (non-hydrogen) atoms. The van der Waals surface area contributed by atoms with E-state index in [1.54, 1.807) is 6.08 Å². The summed E-state index contributed by atoms with van der Waals surface area (Å²) in [5.41, 5.74) is 0.915. The lowest BCUT2D eigenvalue weighted by atomic mass is 9.96. The van der Waals surface area contributed by atoms with Gasteiger partial charge in [0.05, 0.1) is 10.2 Å². The van der Waals surface area contributed by atoms with E-state index in [2.05, 4.69) is 4.98 Å². The largest absolute Gasteiger partial charge is 0.451 e. The van der Waals surface area contributed by atoms with Gasteiger partial charge in [0.1, 0.15) is 5.01 Å². The minimum Gasteiger partial charge on any atom is -0.451 e. The molecule has 0 aliphatic heterocycles. The second-order valence-corrected chi connectivity index (χ2v) is 6.05. The van der Waals surface area contributed by atoms with E-state index in [0.717, 1.165) is 28.1 Å². The number of Topliss-reactive ketones (excluding diaryl/α,β-unsaturated/α-hetero) is 1. The molecule has 1 aliphatic rings. The number of carbonyl (C=O) groups excluding carboxylic acids is 2. The number of hydrogen-bond acceptors (Lipinski definition) is 5. The van der Waals surface area contributed by atoms with E-state index in [4.69, 9.17) is 4.74 Å². The maximum atomic E-state index is 11.8. The first-order valence-corrected chi connectivity index (χ1v) is 7.81. The lowest BCUT2D eigenvalue weighted by molar-refractivity contribution is -0.152. The summed E-state index contributed by atoms with van der Waals surface area (Å²) in [7, 11) is 0. The summed E-state index contributed by atoms with van der Waals surface area (Å²) in [4.78, 5) is 27.8. The van der Waals surface area contributed by atoms with Crippen LogP contribution in [-0.2, 0) is 14.3 Å². The molecule has 2 aromatic rings. The number of esters is 1. The van der Waals surface area contributed by atoms with E-state index in [-0.39, 0.29) is 5.78 Å². The van der Waals surface area contributed by atoms with Crippen LogP contribution in [0.15, 0.2) is 30.3 Å². The number of ketones is 1. The standard InChI is InChI=1S/C16H15NO3S/c18-12-6-2-3-7-13(12)20-16(19)10-9-15-17-11-5-1-4-8-14(11)21-15/h1,4-5,8-10,13H,2-3,6-7H2/b10-9+/t13-/m0/s1. The highest BCUT2D eigenvalue weighted by Crippen LogP contribution is 2.22. The summed E-state index contributed by atoms with van der Waals surface area (Å²) in [6, 6.07) is 7.81. The van der Waals surface area contributed by atoms with Crippen molar-refractivity contribution in [2.24, 2.45) is 0 Å². The minimum absolute atomic E-state index is 0.0305. The molecular formula is C16H15NO3S. The van der Waals surface area contributed by atoms with Crippen molar-refractivity contribution in [1.82, 2.24) is 4.98 Å². The monoisotopic (exact) mass is 301 g/mol. The van der Waals surface area contributed by atoms with Crippen molar-refractivity contribution in [3.8, 4) is 0 Å². The average Bonchev–Trinajstić information content (AvgIpc) is 2.90. The van der Waals surface area contributed by atoms with Crippen LogP contribution in [0.3, 0.4) is 0 Å². The molecule has 1 aliphatic carbocycles. The third-order valence-electron chi connectivity index (χ3n) is 3.43. The first-order valence-electron chi connectivity index (χ1n) is 6.99. The van der Waals surface area contributed by atoms with Crippen LogP contribution >= 0.6 is 11.3 Å².